The zero-order valence-corrected chi connectivity index (χ0v) is 11.2. The summed E-state index contributed by atoms with van der Waals surface area (Å²) in [5, 5.41) is 10.1. The van der Waals surface area contributed by atoms with Gasteiger partial charge in [-0.05, 0) is 24.6 Å². The number of aliphatic hydroxyl groups excluding tert-OH is 1. The molecule has 0 spiro atoms. The van der Waals surface area contributed by atoms with E-state index < -0.39 is 0 Å². The third kappa shape index (κ3) is 1.80. The number of aliphatic hydroxyl groups is 1. The largest absolute Gasteiger partial charge is 0.513 e. The molecule has 0 amide bonds. The summed E-state index contributed by atoms with van der Waals surface area (Å²) in [6.07, 6.45) is 7.75. The van der Waals surface area contributed by atoms with Crippen molar-refractivity contribution in [2.24, 2.45) is 5.92 Å². The van der Waals surface area contributed by atoms with Crippen molar-refractivity contribution in [2.45, 2.75) is 18.1 Å². The average molecular weight is 270 g/mol. The number of hydrogen-bond acceptors (Lipinski definition) is 3. The van der Waals surface area contributed by atoms with Gasteiger partial charge in [-0.25, -0.2) is 0 Å². The minimum absolute atomic E-state index is 0.455. The summed E-state index contributed by atoms with van der Waals surface area (Å²) >= 11 is 1.87. The van der Waals surface area contributed by atoms with Crippen LogP contribution in [0, 0.1) is 5.92 Å². The van der Waals surface area contributed by atoms with Gasteiger partial charge in [0.25, 0.3) is 0 Å². The maximum absolute atomic E-state index is 9.68. The number of rotatable bonds is 0. The average Bonchev–Trinajstić information content (AvgIpc) is 2.63. The predicted molar refractivity (Wildman–Crippen MR) is 77.9 cm³/mol. The molecular formula is C16H14O2S. The van der Waals surface area contributed by atoms with Gasteiger partial charge in [0.1, 0.15) is 5.75 Å². The van der Waals surface area contributed by atoms with Gasteiger partial charge in [0.2, 0.25) is 0 Å². The first kappa shape index (κ1) is 11.2. The molecular weight excluding hydrogens is 256 g/mol. The minimum atomic E-state index is 0.455. The van der Waals surface area contributed by atoms with Crippen LogP contribution in [-0.2, 0) is 0 Å². The van der Waals surface area contributed by atoms with Crippen molar-refractivity contribution >= 4 is 17.8 Å². The van der Waals surface area contributed by atoms with Crippen LogP contribution in [0.15, 0.2) is 52.8 Å². The topological polar surface area (TPSA) is 29.5 Å². The Balaban J connectivity index is 1.76. The van der Waals surface area contributed by atoms with E-state index in [2.05, 4.69) is 12.1 Å². The van der Waals surface area contributed by atoms with Crippen LogP contribution in [-0.4, -0.2) is 10.4 Å². The zero-order chi connectivity index (χ0) is 12.8. The Bertz CT molecular complexity index is 627. The van der Waals surface area contributed by atoms with Crippen LogP contribution in [0.2, 0.25) is 0 Å². The molecule has 1 saturated heterocycles. The quantitative estimate of drug-likeness (QED) is 0.763. The number of allylic oxidation sites excluding steroid dienone is 3. The molecule has 0 saturated carbocycles. The third-order valence-corrected chi connectivity index (χ3v) is 5.35. The first-order valence-corrected chi connectivity index (χ1v) is 7.42. The molecule has 0 bridgehead atoms. The molecule has 2 aliphatic heterocycles. The van der Waals surface area contributed by atoms with Crippen LogP contribution < -0.4 is 4.74 Å². The first-order chi connectivity index (χ1) is 9.31. The minimum Gasteiger partial charge on any atom is -0.513 e. The summed E-state index contributed by atoms with van der Waals surface area (Å²) in [5.41, 5.74) is 2.42. The van der Waals surface area contributed by atoms with E-state index in [1.165, 1.54) is 10.5 Å². The number of fused-ring (bicyclic) bond motifs is 4. The van der Waals surface area contributed by atoms with Gasteiger partial charge in [0.15, 0.2) is 0 Å². The van der Waals surface area contributed by atoms with E-state index in [9.17, 15) is 5.11 Å². The van der Waals surface area contributed by atoms with Gasteiger partial charge in [-0.3, -0.25) is 0 Å². The van der Waals surface area contributed by atoms with Gasteiger partial charge in [-0.2, -0.15) is 0 Å². The Morgan fingerprint density at radius 3 is 3.11 bits per heavy atom. The van der Waals surface area contributed by atoms with Crippen LogP contribution in [0.3, 0.4) is 0 Å². The van der Waals surface area contributed by atoms with Gasteiger partial charge >= 0.3 is 0 Å². The SMILES string of the molecule is OC1=CCC2C3=COc4ccccc4C=C3SC2C1. The molecule has 3 aliphatic rings. The molecule has 19 heavy (non-hydrogen) atoms. The van der Waals surface area contributed by atoms with E-state index >= 15 is 0 Å². The Morgan fingerprint density at radius 1 is 1.26 bits per heavy atom. The predicted octanol–water partition coefficient (Wildman–Crippen LogP) is 4.27. The van der Waals surface area contributed by atoms with E-state index in [0.29, 0.717) is 16.9 Å². The van der Waals surface area contributed by atoms with E-state index in [-0.39, 0.29) is 0 Å². The molecule has 2 atom stereocenters. The number of ether oxygens (including phenoxy) is 1. The highest BCUT2D eigenvalue weighted by Gasteiger charge is 2.39. The fourth-order valence-electron chi connectivity index (χ4n) is 2.95. The van der Waals surface area contributed by atoms with Gasteiger partial charge in [-0.15, -0.1) is 11.8 Å². The van der Waals surface area contributed by atoms with Crippen LogP contribution in [0.25, 0.3) is 6.08 Å². The highest BCUT2D eigenvalue weighted by atomic mass is 32.2. The second kappa shape index (κ2) is 4.20. The maximum atomic E-state index is 9.68. The summed E-state index contributed by atoms with van der Waals surface area (Å²) in [7, 11) is 0. The molecule has 0 aromatic heterocycles. The molecule has 96 valence electrons. The normalized spacial score (nSPS) is 27.9. The fourth-order valence-corrected chi connectivity index (χ4v) is 4.48. The lowest BCUT2D eigenvalue weighted by molar-refractivity contribution is 0.355. The summed E-state index contributed by atoms with van der Waals surface area (Å²) in [4.78, 5) is 1.29. The monoisotopic (exact) mass is 270 g/mol. The number of para-hydroxylation sites is 1. The van der Waals surface area contributed by atoms with Crippen LogP contribution in [0.5, 0.6) is 5.75 Å². The first-order valence-electron chi connectivity index (χ1n) is 6.54. The Labute approximate surface area is 116 Å². The molecule has 4 rings (SSSR count). The fraction of sp³-hybridized carbons (Fsp3) is 0.250. The lowest BCUT2D eigenvalue weighted by Crippen LogP contribution is -2.17. The van der Waals surface area contributed by atoms with Crippen molar-refractivity contribution in [3.63, 3.8) is 0 Å². The number of thioether (sulfide) groups is 1. The Kier molecular flexibility index (Phi) is 2.49. The number of benzene rings is 1. The molecule has 1 aromatic rings. The molecule has 1 aliphatic carbocycles. The summed E-state index contributed by atoms with van der Waals surface area (Å²) in [6, 6.07) is 8.11. The number of hydrogen-bond donors (Lipinski definition) is 1. The van der Waals surface area contributed by atoms with Crippen molar-refractivity contribution in [1.29, 1.82) is 0 Å². The molecule has 0 radical (unpaired) electrons. The maximum Gasteiger partial charge on any atom is 0.133 e. The van der Waals surface area contributed by atoms with E-state index in [4.69, 9.17) is 4.74 Å². The van der Waals surface area contributed by atoms with Crippen LogP contribution in [0.1, 0.15) is 18.4 Å². The lowest BCUT2D eigenvalue weighted by Gasteiger charge is -2.21. The second-order valence-electron chi connectivity index (χ2n) is 5.14. The van der Waals surface area contributed by atoms with Gasteiger partial charge in [0.05, 0.1) is 12.0 Å². The Hall–Kier alpha value is -1.61. The standard InChI is InChI=1S/C16H14O2S/c17-11-5-6-12-13-9-18-14-4-2-1-3-10(14)7-15(13)19-16(12)8-11/h1-5,7,9,12,16-17H,6,8H2. The molecule has 1 N–H and O–H groups in total. The molecule has 1 fully saturated rings. The van der Waals surface area contributed by atoms with Crippen molar-refractivity contribution in [1.82, 2.24) is 0 Å². The second-order valence-corrected chi connectivity index (χ2v) is 6.42. The van der Waals surface area contributed by atoms with Gasteiger partial charge in [0, 0.05) is 33.6 Å². The van der Waals surface area contributed by atoms with Crippen molar-refractivity contribution in [3.8, 4) is 5.75 Å². The molecule has 2 unspecified atom stereocenters. The Morgan fingerprint density at radius 2 is 2.16 bits per heavy atom. The van der Waals surface area contributed by atoms with Crippen LogP contribution >= 0.6 is 11.8 Å². The highest BCUT2D eigenvalue weighted by Crippen LogP contribution is 2.53. The molecule has 2 nitrogen and oxygen atoms in total. The lowest BCUT2D eigenvalue weighted by atomic mass is 9.87. The third-order valence-electron chi connectivity index (χ3n) is 3.95. The highest BCUT2D eigenvalue weighted by molar-refractivity contribution is 8.04. The summed E-state index contributed by atoms with van der Waals surface area (Å²) in [5.74, 6) is 1.93. The van der Waals surface area contributed by atoms with Crippen molar-refractivity contribution in [3.05, 3.63) is 58.4 Å². The van der Waals surface area contributed by atoms with Gasteiger partial charge < -0.3 is 9.84 Å². The molecule has 1 aromatic carbocycles. The van der Waals surface area contributed by atoms with Gasteiger partial charge in [-0.1, -0.05) is 18.2 Å². The van der Waals surface area contributed by atoms with Crippen molar-refractivity contribution < 1.29 is 9.84 Å². The van der Waals surface area contributed by atoms with Crippen molar-refractivity contribution in [2.75, 3.05) is 0 Å². The molecule has 3 heteroatoms. The molecule has 2 heterocycles. The van der Waals surface area contributed by atoms with Crippen LogP contribution in [0.4, 0.5) is 0 Å². The van der Waals surface area contributed by atoms with E-state index in [1.807, 2.05) is 42.3 Å². The smallest absolute Gasteiger partial charge is 0.133 e. The summed E-state index contributed by atoms with van der Waals surface area (Å²) in [6.45, 7) is 0. The zero-order valence-electron chi connectivity index (χ0n) is 10.4. The van der Waals surface area contributed by atoms with E-state index in [0.717, 1.165) is 24.2 Å². The summed E-state index contributed by atoms with van der Waals surface area (Å²) < 4.78 is 5.83. The van der Waals surface area contributed by atoms with E-state index in [1.54, 1.807) is 0 Å².